The highest BCUT2D eigenvalue weighted by molar-refractivity contribution is 5.87. The first-order chi connectivity index (χ1) is 12.1. The third kappa shape index (κ3) is 10.4. The Balaban J connectivity index is 0.000000419. The number of nitrogens with zero attached hydrogens (tertiary/aromatic N) is 2. The number of rotatable bonds is 1. The Morgan fingerprint density at radius 3 is 2.15 bits per heavy atom. The molecule has 1 fully saturated rings. The number of aromatic nitrogens is 1. The predicted octanol–water partition coefficient (Wildman–Crippen LogP) is 3.35. The summed E-state index contributed by atoms with van der Waals surface area (Å²) in [5.74, 6) is -0.454. The van der Waals surface area contributed by atoms with E-state index in [0.29, 0.717) is 5.69 Å². The molecule has 9 heteroatoms. The van der Waals surface area contributed by atoms with Crippen LogP contribution in [0.1, 0.15) is 44.1 Å². The number of methoxy groups -OCH3 is 1. The number of nitrogens with two attached hydrogens (primary N) is 1. The predicted molar refractivity (Wildman–Crippen MR) is 94.1 cm³/mol. The summed E-state index contributed by atoms with van der Waals surface area (Å²) in [6, 6.07) is 3.11. The van der Waals surface area contributed by atoms with Gasteiger partial charge in [0.1, 0.15) is 11.3 Å². The highest BCUT2D eigenvalue weighted by Gasteiger charge is 2.23. The van der Waals surface area contributed by atoms with Crippen molar-refractivity contribution in [1.29, 1.82) is 0 Å². The average molecular weight is 375 g/mol. The van der Waals surface area contributed by atoms with E-state index in [-0.39, 0.29) is 17.4 Å². The lowest BCUT2D eigenvalue weighted by Crippen LogP contribution is -2.34. The van der Waals surface area contributed by atoms with Crippen molar-refractivity contribution in [2.45, 2.75) is 39.2 Å². The molecule has 0 aromatic carbocycles. The molecule has 1 amide bonds. The first kappa shape index (κ1) is 23.5. The Kier molecular flexibility index (Phi) is 10.9. The fraction of sp³-hybridized carbons (Fsp3) is 0.588. The minimum Gasteiger partial charge on any atom is -0.464 e. The second-order valence-electron chi connectivity index (χ2n) is 6.24. The average Bonchev–Trinajstić information content (AvgIpc) is 3.09. The maximum absolute atomic E-state index is 11.4. The highest BCUT2D eigenvalue weighted by atomic mass is 19.3. The van der Waals surface area contributed by atoms with Crippen LogP contribution in [-0.2, 0) is 9.47 Å². The lowest BCUT2D eigenvalue weighted by atomic mass is 10.2. The van der Waals surface area contributed by atoms with Crippen molar-refractivity contribution in [3.05, 3.63) is 24.0 Å². The van der Waals surface area contributed by atoms with E-state index in [2.05, 4.69) is 9.72 Å². The minimum atomic E-state index is -1.75. The number of anilines is 1. The number of ether oxygens (including phenoxy) is 2. The van der Waals surface area contributed by atoms with Gasteiger partial charge >= 0.3 is 12.1 Å². The van der Waals surface area contributed by atoms with Crippen molar-refractivity contribution in [3.8, 4) is 0 Å². The molecule has 1 aliphatic heterocycles. The molecule has 0 spiro atoms. The van der Waals surface area contributed by atoms with Crippen LogP contribution in [-0.4, -0.2) is 54.7 Å². The summed E-state index contributed by atoms with van der Waals surface area (Å²) in [6.45, 7) is 5.63. The first-order valence-corrected chi connectivity index (χ1v) is 8.04. The molecule has 148 valence electrons. The Morgan fingerprint density at radius 1 is 1.23 bits per heavy atom. The number of amides is 1. The molecule has 1 aliphatic rings. The first-order valence-electron chi connectivity index (χ1n) is 8.04. The second-order valence-corrected chi connectivity index (χ2v) is 6.24. The van der Waals surface area contributed by atoms with Crippen LogP contribution in [0.25, 0.3) is 0 Å². The summed E-state index contributed by atoms with van der Waals surface area (Å²) in [5.41, 5.74) is 5.78. The molecule has 0 radical (unpaired) electrons. The van der Waals surface area contributed by atoms with Gasteiger partial charge in [-0.15, -0.1) is 0 Å². The molecular formula is C17H27F2N3O4. The third-order valence-corrected chi connectivity index (χ3v) is 2.94. The van der Waals surface area contributed by atoms with E-state index in [0.717, 1.165) is 25.9 Å². The van der Waals surface area contributed by atoms with Gasteiger partial charge in [0.25, 0.3) is 0 Å². The summed E-state index contributed by atoms with van der Waals surface area (Å²) in [4.78, 5) is 27.7. The minimum absolute atomic E-state index is 0.167. The number of hydrogen-bond donors (Lipinski definition) is 1. The number of carbonyl (C=O) groups excluding carboxylic acids is 2. The second kappa shape index (κ2) is 12.0. The van der Waals surface area contributed by atoms with Crippen molar-refractivity contribution in [2.24, 2.45) is 0 Å². The molecule has 2 rings (SSSR count). The van der Waals surface area contributed by atoms with Crippen molar-refractivity contribution in [3.63, 3.8) is 0 Å². The lowest BCUT2D eigenvalue weighted by molar-refractivity contribution is 0.0294. The molecule has 0 bridgehead atoms. The molecular weight excluding hydrogens is 348 g/mol. The van der Waals surface area contributed by atoms with E-state index in [9.17, 15) is 18.4 Å². The van der Waals surface area contributed by atoms with Gasteiger partial charge in [-0.3, -0.25) is 0 Å². The molecule has 0 unspecified atom stereocenters. The van der Waals surface area contributed by atoms with Crippen molar-refractivity contribution in [1.82, 2.24) is 9.88 Å². The van der Waals surface area contributed by atoms with Crippen molar-refractivity contribution in [2.75, 3.05) is 32.9 Å². The number of hydrogen-bond acceptors (Lipinski definition) is 6. The molecule has 0 atom stereocenters. The number of likely N-dealkylation sites (tertiary alicyclic amines) is 1. The number of carbonyl (C=O) groups is 2. The standard InChI is InChI=1S/C9H17NO2.C7H8N2O2.CH2F2/c1-9(2,3)12-8(11)10-6-4-5-7-10;1-11-7(10)6-3-2-5(8)4-9-6;2-1-3/h4-7H2,1-3H3;2-4H,8H2,1H3;1H2. The number of halogens is 2. The van der Waals surface area contributed by atoms with Crippen LogP contribution in [0.4, 0.5) is 19.3 Å². The number of nitrogen functional groups attached to an aromatic ring is 1. The number of esters is 1. The molecule has 1 aromatic heterocycles. The van der Waals surface area contributed by atoms with Gasteiger partial charge in [-0.1, -0.05) is 0 Å². The summed E-state index contributed by atoms with van der Waals surface area (Å²) in [6.07, 6.45) is 3.46. The monoisotopic (exact) mass is 375 g/mol. The third-order valence-electron chi connectivity index (χ3n) is 2.94. The maximum atomic E-state index is 11.4. The molecule has 2 heterocycles. The van der Waals surface area contributed by atoms with Gasteiger partial charge in [0.15, 0.2) is 0 Å². The van der Waals surface area contributed by atoms with E-state index < -0.39 is 12.9 Å². The summed E-state index contributed by atoms with van der Waals surface area (Å²) < 4.78 is 28.9. The Bertz CT molecular complexity index is 542. The zero-order valence-corrected chi connectivity index (χ0v) is 15.6. The quantitative estimate of drug-likeness (QED) is 0.757. The molecule has 26 heavy (non-hydrogen) atoms. The Morgan fingerprint density at radius 2 is 1.77 bits per heavy atom. The van der Waals surface area contributed by atoms with Gasteiger partial charge in [-0.25, -0.2) is 23.4 Å². The Hall–Kier alpha value is -2.45. The van der Waals surface area contributed by atoms with Gasteiger partial charge in [0.2, 0.25) is 6.93 Å². The Labute approximate surface area is 152 Å². The van der Waals surface area contributed by atoms with Crippen molar-refractivity contribution < 1.29 is 27.8 Å². The van der Waals surface area contributed by atoms with Gasteiger partial charge in [0.05, 0.1) is 19.0 Å². The normalized spacial score (nSPS) is 12.9. The van der Waals surface area contributed by atoms with Gasteiger partial charge in [-0.2, -0.15) is 0 Å². The molecule has 1 saturated heterocycles. The zero-order valence-electron chi connectivity index (χ0n) is 15.6. The summed E-state index contributed by atoms with van der Waals surface area (Å²) in [7, 11) is 1.31. The fourth-order valence-electron chi connectivity index (χ4n) is 1.86. The lowest BCUT2D eigenvalue weighted by Gasteiger charge is -2.23. The van der Waals surface area contributed by atoms with Crippen molar-refractivity contribution >= 4 is 17.7 Å². The molecule has 2 N–H and O–H groups in total. The van der Waals surface area contributed by atoms with Crippen LogP contribution in [0.2, 0.25) is 0 Å². The van der Waals surface area contributed by atoms with Gasteiger partial charge < -0.3 is 20.1 Å². The van der Waals surface area contributed by atoms with E-state index in [1.54, 1.807) is 11.0 Å². The van der Waals surface area contributed by atoms with Crippen LogP contribution in [0, 0.1) is 0 Å². The van der Waals surface area contributed by atoms with Gasteiger partial charge in [0, 0.05) is 13.1 Å². The topological polar surface area (TPSA) is 94.8 Å². The molecule has 0 saturated carbocycles. The molecule has 1 aromatic rings. The van der Waals surface area contributed by atoms with Gasteiger partial charge in [-0.05, 0) is 45.7 Å². The van der Waals surface area contributed by atoms with E-state index in [1.807, 2.05) is 20.8 Å². The highest BCUT2D eigenvalue weighted by Crippen LogP contribution is 2.14. The number of pyridine rings is 1. The summed E-state index contributed by atoms with van der Waals surface area (Å²) in [5, 5.41) is 0. The fourth-order valence-corrected chi connectivity index (χ4v) is 1.86. The van der Waals surface area contributed by atoms with Crippen LogP contribution in [0.5, 0.6) is 0 Å². The molecule has 7 nitrogen and oxygen atoms in total. The van der Waals surface area contributed by atoms with Crippen LogP contribution in [0.15, 0.2) is 18.3 Å². The SMILES string of the molecule is CC(C)(C)OC(=O)N1CCCC1.COC(=O)c1ccc(N)cn1.FCF. The number of alkyl halides is 2. The van der Waals surface area contributed by atoms with Crippen LogP contribution in [0.3, 0.4) is 0 Å². The smallest absolute Gasteiger partial charge is 0.410 e. The van der Waals surface area contributed by atoms with E-state index in [1.165, 1.54) is 19.4 Å². The molecule has 0 aliphatic carbocycles. The maximum Gasteiger partial charge on any atom is 0.410 e. The van der Waals surface area contributed by atoms with Crippen LogP contribution < -0.4 is 5.73 Å². The van der Waals surface area contributed by atoms with Crippen LogP contribution >= 0.6 is 0 Å². The van der Waals surface area contributed by atoms with E-state index in [4.69, 9.17) is 10.5 Å². The largest absolute Gasteiger partial charge is 0.464 e. The summed E-state index contributed by atoms with van der Waals surface area (Å²) >= 11 is 0. The zero-order chi connectivity index (χ0) is 20.2. The van der Waals surface area contributed by atoms with E-state index >= 15 is 0 Å².